The fourth-order valence-corrected chi connectivity index (χ4v) is 4.31. The standard InChI is InChI=1S/C26H29NO/c1-20-9-11-21(12-10-20)13-14-26(28)23-15-17-27(18-16-23)19-24-7-4-6-22-5-2-3-8-25(22)24/h2-12,23H,13-19H2,1H3. The molecule has 4 rings (SSSR count). The van der Waals surface area contributed by atoms with Gasteiger partial charge in [-0.15, -0.1) is 0 Å². The largest absolute Gasteiger partial charge is 0.299 e. The number of nitrogens with zero attached hydrogens (tertiary/aromatic N) is 1. The highest BCUT2D eigenvalue weighted by molar-refractivity contribution is 5.85. The van der Waals surface area contributed by atoms with Gasteiger partial charge in [0.1, 0.15) is 5.78 Å². The van der Waals surface area contributed by atoms with Gasteiger partial charge in [0.15, 0.2) is 0 Å². The van der Waals surface area contributed by atoms with E-state index in [0.29, 0.717) is 12.2 Å². The molecule has 1 fully saturated rings. The van der Waals surface area contributed by atoms with Crippen molar-refractivity contribution < 1.29 is 4.79 Å². The van der Waals surface area contributed by atoms with Gasteiger partial charge in [0.2, 0.25) is 0 Å². The number of rotatable bonds is 6. The lowest BCUT2D eigenvalue weighted by molar-refractivity contribution is -0.124. The SMILES string of the molecule is Cc1ccc(CCC(=O)C2CCN(Cc3cccc4ccccc34)CC2)cc1. The molecule has 28 heavy (non-hydrogen) atoms. The van der Waals surface area contributed by atoms with E-state index in [1.54, 1.807) is 0 Å². The molecule has 1 heterocycles. The van der Waals surface area contributed by atoms with Gasteiger partial charge in [-0.05, 0) is 61.2 Å². The van der Waals surface area contributed by atoms with Crippen LogP contribution in [-0.4, -0.2) is 23.8 Å². The van der Waals surface area contributed by atoms with Crippen LogP contribution < -0.4 is 0 Å². The number of fused-ring (bicyclic) bond motifs is 1. The van der Waals surface area contributed by atoms with Crippen molar-refractivity contribution in [3.63, 3.8) is 0 Å². The Morgan fingerprint density at radius 3 is 2.43 bits per heavy atom. The van der Waals surface area contributed by atoms with Crippen LogP contribution in [0.4, 0.5) is 0 Å². The van der Waals surface area contributed by atoms with E-state index in [9.17, 15) is 4.79 Å². The molecule has 3 aromatic carbocycles. The third-order valence-corrected chi connectivity index (χ3v) is 6.10. The number of hydrogen-bond acceptors (Lipinski definition) is 2. The fourth-order valence-electron chi connectivity index (χ4n) is 4.31. The average molecular weight is 372 g/mol. The summed E-state index contributed by atoms with van der Waals surface area (Å²) in [6.07, 6.45) is 3.54. The summed E-state index contributed by atoms with van der Waals surface area (Å²) < 4.78 is 0. The van der Waals surface area contributed by atoms with Gasteiger partial charge < -0.3 is 0 Å². The molecular weight excluding hydrogens is 342 g/mol. The van der Waals surface area contributed by atoms with Crippen LogP contribution in [0.1, 0.15) is 36.0 Å². The van der Waals surface area contributed by atoms with Crippen molar-refractivity contribution in [1.29, 1.82) is 0 Å². The molecule has 0 spiro atoms. The van der Waals surface area contributed by atoms with Gasteiger partial charge in [0.25, 0.3) is 0 Å². The summed E-state index contributed by atoms with van der Waals surface area (Å²) in [5, 5.41) is 2.66. The summed E-state index contributed by atoms with van der Waals surface area (Å²) in [5.41, 5.74) is 3.93. The summed E-state index contributed by atoms with van der Waals surface area (Å²) in [7, 11) is 0. The van der Waals surface area contributed by atoms with E-state index in [1.807, 2.05) is 0 Å². The molecule has 0 amide bonds. The van der Waals surface area contributed by atoms with E-state index in [0.717, 1.165) is 38.9 Å². The minimum Gasteiger partial charge on any atom is -0.299 e. The Bertz CT molecular complexity index is 931. The zero-order valence-corrected chi connectivity index (χ0v) is 16.7. The van der Waals surface area contributed by atoms with E-state index >= 15 is 0 Å². The zero-order valence-electron chi connectivity index (χ0n) is 16.7. The predicted molar refractivity (Wildman–Crippen MR) is 116 cm³/mol. The number of carbonyl (C=O) groups excluding carboxylic acids is 1. The van der Waals surface area contributed by atoms with Crippen molar-refractivity contribution in [3.05, 3.63) is 83.4 Å². The molecule has 0 atom stereocenters. The lowest BCUT2D eigenvalue weighted by atomic mass is 9.89. The lowest BCUT2D eigenvalue weighted by Gasteiger charge is -2.31. The second-order valence-corrected chi connectivity index (χ2v) is 8.14. The monoisotopic (exact) mass is 371 g/mol. The first kappa shape index (κ1) is 18.9. The number of Topliss-reactive ketones (excluding diaryl/α,β-unsaturated/α-hetero) is 1. The maximum absolute atomic E-state index is 12.7. The molecule has 144 valence electrons. The normalized spacial score (nSPS) is 15.8. The molecule has 1 aliphatic rings. The third-order valence-electron chi connectivity index (χ3n) is 6.10. The van der Waals surface area contributed by atoms with Gasteiger partial charge in [-0.1, -0.05) is 72.3 Å². The van der Waals surface area contributed by atoms with E-state index in [1.165, 1.54) is 27.5 Å². The number of piperidine rings is 1. The zero-order chi connectivity index (χ0) is 19.3. The highest BCUT2D eigenvalue weighted by Crippen LogP contribution is 2.24. The van der Waals surface area contributed by atoms with Crippen molar-refractivity contribution in [2.75, 3.05) is 13.1 Å². The number of ketones is 1. The molecule has 0 bridgehead atoms. The van der Waals surface area contributed by atoms with Crippen LogP contribution in [-0.2, 0) is 17.8 Å². The molecule has 0 unspecified atom stereocenters. The third kappa shape index (κ3) is 4.51. The highest BCUT2D eigenvalue weighted by atomic mass is 16.1. The van der Waals surface area contributed by atoms with Crippen LogP contribution in [0, 0.1) is 12.8 Å². The maximum atomic E-state index is 12.7. The minimum atomic E-state index is 0.245. The van der Waals surface area contributed by atoms with Gasteiger partial charge >= 0.3 is 0 Å². The van der Waals surface area contributed by atoms with Gasteiger partial charge in [-0.3, -0.25) is 9.69 Å². The van der Waals surface area contributed by atoms with E-state index < -0.39 is 0 Å². The molecule has 1 saturated heterocycles. The van der Waals surface area contributed by atoms with Gasteiger partial charge in [0, 0.05) is 18.9 Å². The first-order chi connectivity index (χ1) is 13.7. The van der Waals surface area contributed by atoms with Crippen molar-refractivity contribution in [2.24, 2.45) is 5.92 Å². The highest BCUT2D eigenvalue weighted by Gasteiger charge is 2.24. The van der Waals surface area contributed by atoms with Crippen LogP contribution in [0.2, 0.25) is 0 Å². The van der Waals surface area contributed by atoms with Gasteiger partial charge in [0.05, 0.1) is 0 Å². The van der Waals surface area contributed by atoms with Crippen LogP contribution >= 0.6 is 0 Å². The Morgan fingerprint density at radius 2 is 1.64 bits per heavy atom. The summed E-state index contributed by atoms with van der Waals surface area (Å²) in [6, 6.07) is 23.7. The van der Waals surface area contributed by atoms with E-state index in [-0.39, 0.29) is 5.92 Å². The number of benzene rings is 3. The molecule has 0 aliphatic carbocycles. The summed E-state index contributed by atoms with van der Waals surface area (Å²) in [6.45, 7) is 5.11. The summed E-state index contributed by atoms with van der Waals surface area (Å²) >= 11 is 0. The van der Waals surface area contributed by atoms with Crippen LogP contribution in [0.15, 0.2) is 66.7 Å². The molecule has 1 aliphatic heterocycles. The van der Waals surface area contributed by atoms with E-state index in [4.69, 9.17) is 0 Å². The average Bonchev–Trinajstić information content (AvgIpc) is 2.74. The molecule has 0 N–H and O–H groups in total. The Labute approximate surface area is 168 Å². The second kappa shape index (κ2) is 8.70. The number of carbonyl (C=O) groups is 1. The first-order valence-electron chi connectivity index (χ1n) is 10.5. The van der Waals surface area contributed by atoms with Gasteiger partial charge in [-0.2, -0.15) is 0 Å². The molecule has 0 radical (unpaired) electrons. The molecule has 0 saturated carbocycles. The topological polar surface area (TPSA) is 20.3 Å². The summed E-state index contributed by atoms with van der Waals surface area (Å²) in [5.74, 6) is 0.694. The number of hydrogen-bond donors (Lipinski definition) is 0. The molecule has 2 nitrogen and oxygen atoms in total. The lowest BCUT2D eigenvalue weighted by Crippen LogP contribution is -2.36. The van der Waals surface area contributed by atoms with Crippen molar-refractivity contribution in [1.82, 2.24) is 4.90 Å². The molecule has 0 aromatic heterocycles. The van der Waals surface area contributed by atoms with Gasteiger partial charge in [-0.25, -0.2) is 0 Å². The second-order valence-electron chi connectivity index (χ2n) is 8.14. The predicted octanol–water partition coefficient (Wildman–Crippen LogP) is 5.56. The minimum absolute atomic E-state index is 0.245. The Hall–Kier alpha value is -2.45. The first-order valence-corrected chi connectivity index (χ1v) is 10.5. The Kier molecular flexibility index (Phi) is 5.87. The quantitative estimate of drug-likeness (QED) is 0.565. The molecule has 3 aromatic rings. The van der Waals surface area contributed by atoms with Crippen molar-refractivity contribution in [3.8, 4) is 0 Å². The molecule has 2 heteroatoms. The number of likely N-dealkylation sites (tertiary alicyclic amines) is 1. The fraction of sp³-hybridized carbons (Fsp3) is 0.346. The Morgan fingerprint density at radius 1 is 0.929 bits per heavy atom. The van der Waals surface area contributed by atoms with Crippen LogP contribution in [0.5, 0.6) is 0 Å². The smallest absolute Gasteiger partial charge is 0.136 e. The Balaban J connectivity index is 1.29. The maximum Gasteiger partial charge on any atom is 0.136 e. The van der Waals surface area contributed by atoms with Crippen LogP contribution in [0.3, 0.4) is 0 Å². The van der Waals surface area contributed by atoms with E-state index in [2.05, 4.69) is 78.6 Å². The van der Waals surface area contributed by atoms with Crippen LogP contribution in [0.25, 0.3) is 10.8 Å². The summed E-state index contributed by atoms with van der Waals surface area (Å²) in [4.78, 5) is 15.2. The van der Waals surface area contributed by atoms with Crippen molar-refractivity contribution in [2.45, 2.75) is 39.2 Å². The number of aryl methyl sites for hydroxylation is 2. The molecular formula is C26H29NO. The van der Waals surface area contributed by atoms with Crippen molar-refractivity contribution >= 4 is 16.6 Å².